The molecule has 0 saturated heterocycles. The van der Waals surface area contributed by atoms with E-state index in [4.69, 9.17) is 10.5 Å². The maximum Gasteiger partial charge on any atom is 0.0725 e. The summed E-state index contributed by atoms with van der Waals surface area (Å²) in [6, 6.07) is 0.300. The van der Waals surface area contributed by atoms with Crippen LogP contribution < -0.4 is 5.73 Å². The maximum atomic E-state index is 6.02. The number of rotatable bonds is 7. The fourth-order valence-electron chi connectivity index (χ4n) is 2.27. The second kappa shape index (κ2) is 8.12. The van der Waals surface area contributed by atoms with Crippen LogP contribution in [0.2, 0.25) is 0 Å². The van der Waals surface area contributed by atoms with Crippen LogP contribution in [0.4, 0.5) is 0 Å². The molecular formula is C13H27NO. The van der Waals surface area contributed by atoms with Gasteiger partial charge in [-0.1, -0.05) is 45.4 Å². The molecule has 0 heterocycles. The van der Waals surface area contributed by atoms with Gasteiger partial charge in [0.15, 0.2) is 0 Å². The molecule has 15 heavy (non-hydrogen) atoms. The fourth-order valence-corrected chi connectivity index (χ4v) is 2.27. The van der Waals surface area contributed by atoms with Crippen molar-refractivity contribution in [1.29, 1.82) is 0 Å². The standard InChI is InChI=1S/C13H27NO/c1-2-3-4-5-8-11-15-13-10-7-6-9-12(13)14/h12-13H,2-11,14H2,1H3. The minimum absolute atomic E-state index is 0.300. The molecule has 0 bridgehead atoms. The second-order valence-electron chi connectivity index (χ2n) is 4.77. The number of ether oxygens (including phenoxy) is 1. The molecule has 2 nitrogen and oxygen atoms in total. The van der Waals surface area contributed by atoms with Gasteiger partial charge in [0.2, 0.25) is 0 Å². The fraction of sp³-hybridized carbons (Fsp3) is 1.00. The number of nitrogens with two attached hydrogens (primary N) is 1. The van der Waals surface area contributed by atoms with E-state index in [0.29, 0.717) is 12.1 Å². The van der Waals surface area contributed by atoms with Gasteiger partial charge in [-0.15, -0.1) is 0 Å². The summed E-state index contributed by atoms with van der Waals surface area (Å²) < 4.78 is 5.85. The van der Waals surface area contributed by atoms with Gasteiger partial charge in [0.05, 0.1) is 6.10 Å². The Morgan fingerprint density at radius 3 is 2.53 bits per heavy atom. The lowest BCUT2D eigenvalue weighted by atomic mass is 9.93. The van der Waals surface area contributed by atoms with Crippen LogP contribution in [0.25, 0.3) is 0 Å². The van der Waals surface area contributed by atoms with E-state index in [2.05, 4.69) is 6.92 Å². The summed E-state index contributed by atoms with van der Waals surface area (Å²) in [5.74, 6) is 0. The highest BCUT2D eigenvalue weighted by atomic mass is 16.5. The van der Waals surface area contributed by atoms with Crippen molar-refractivity contribution in [3.05, 3.63) is 0 Å². The van der Waals surface area contributed by atoms with Crippen molar-refractivity contribution in [3.63, 3.8) is 0 Å². The smallest absolute Gasteiger partial charge is 0.0725 e. The molecule has 0 spiro atoms. The molecule has 2 unspecified atom stereocenters. The first-order chi connectivity index (χ1) is 7.34. The lowest BCUT2D eigenvalue weighted by Crippen LogP contribution is -2.39. The van der Waals surface area contributed by atoms with Gasteiger partial charge in [-0.2, -0.15) is 0 Å². The van der Waals surface area contributed by atoms with Gasteiger partial charge in [-0.05, 0) is 19.3 Å². The Morgan fingerprint density at radius 1 is 1.07 bits per heavy atom. The van der Waals surface area contributed by atoms with Crippen molar-refractivity contribution in [2.75, 3.05) is 6.61 Å². The first kappa shape index (κ1) is 13.0. The number of unbranched alkanes of at least 4 members (excludes halogenated alkanes) is 4. The molecule has 0 radical (unpaired) electrons. The van der Waals surface area contributed by atoms with Crippen molar-refractivity contribution in [2.45, 2.75) is 76.9 Å². The molecule has 1 aliphatic carbocycles. The van der Waals surface area contributed by atoms with Gasteiger partial charge in [0.25, 0.3) is 0 Å². The van der Waals surface area contributed by atoms with E-state index in [1.807, 2.05) is 0 Å². The zero-order valence-electron chi connectivity index (χ0n) is 10.2. The molecule has 2 atom stereocenters. The molecule has 90 valence electrons. The third-order valence-electron chi connectivity index (χ3n) is 3.33. The summed E-state index contributed by atoms with van der Waals surface area (Å²) in [5.41, 5.74) is 6.02. The summed E-state index contributed by atoms with van der Waals surface area (Å²) >= 11 is 0. The van der Waals surface area contributed by atoms with Crippen LogP contribution in [-0.4, -0.2) is 18.8 Å². The van der Waals surface area contributed by atoms with Crippen molar-refractivity contribution in [2.24, 2.45) is 5.73 Å². The molecule has 1 saturated carbocycles. The van der Waals surface area contributed by atoms with E-state index in [1.165, 1.54) is 51.4 Å². The molecule has 1 rings (SSSR count). The predicted octanol–water partition coefficient (Wildman–Crippen LogP) is 3.24. The average molecular weight is 213 g/mol. The summed E-state index contributed by atoms with van der Waals surface area (Å²) in [7, 11) is 0. The van der Waals surface area contributed by atoms with Crippen LogP contribution in [0.3, 0.4) is 0 Å². The van der Waals surface area contributed by atoms with Crippen LogP contribution in [0.5, 0.6) is 0 Å². The molecule has 0 aromatic rings. The zero-order valence-corrected chi connectivity index (χ0v) is 10.2. The first-order valence-electron chi connectivity index (χ1n) is 6.71. The van der Waals surface area contributed by atoms with Crippen LogP contribution in [0.15, 0.2) is 0 Å². The first-order valence-corrected chi connectivity index (χ1v) is 6.71. The van der Waals surface area contributed by atoms with E-state index < -0.39 is 0 Å². The Balaban J connectivity index is 1.94. The van der Waals surface area contributed by atoms with Gasteiger partial charge >= 0.3 is 0 Å². The largest absolute Gasteiger partial charge is 0.377 e. The van der Waals surface area contributed by atoms with Gasteiger partial charge in [0, 0.05) is 12.6 Å². The Morgan fingerprint density at radius 2 is 1.80 bits per heavy atom. The molecule has 0 aromatic heterocycles. The third kappa shape index (κ3) is 5.53. The minimum Gasteiger partial charge on any atom is -0.377 e. The second-order valence-corrected chi connectivity index (χ2v) is 4.77. The lowest BCUT2D eigenvalue weighted by molar-refractivity contribution is 0.0132. The van der Waals surface area contributed by atoms with Crippen LogP contribution in [-0.2, 0) is 4.74 Å². The monoisotopic (exact) mass is 213 g/mol. The normalized spacial score (nSPS) is 26.8. The third-order valence-corrected chi connectivity index (χ3v) is 3.33. The molecule has 0 aliphatic heterocycles. The molecule has 0 aromatic carbocycles. The Kier molecular flexibility index (Phi) is 7.03. The van der Waals surface area contributed by atoms with E-state index in [0.717, 1.165) is 13.0 Å². The summed E-state index contributed by atoms with van der Waals surface area (Å²) in [5, 5.41) is 0. The summed E-state index contributed by atoms with van der Waals surface area (Å²) in [4.78, 5) is 0. The highest BCUT2D eigenvalue weighted by Crippen LogP contribution is 2.20. The van der Waals surface area contributed by atoms with Gasteiger partial charge in [-0.3, -0.25) is 0 Å². The molecule has 2 N–H and O–H groups in total. The van der Waals surface area contributed by atoms with Crippen molar-refractivity contribution < 1.29 is 4.74 Å². The van der Waals surface area contributed by atoms with E-state index in [9.17, 15) is 0 Å². The van der Waals surface area contributed by atoms with Crippen LogP contribution in [0, 0.1) is 0 Å². The number of hydrogen-bond acceptors (Lipinski definition) is 2. The van der Waals surface area contributed by atoms with Crippen molar-refractivity contribution >= 4 is 0 Å². The van der Waals surface area contributed by atoms with Crippen molar-refractivity contribution in [1.82, 2.24) is 0 Å². The Labute approximate surface area is 94.6 Å². The zero-order chi connectivity index (χ0) is 10.9. The topological polar surface area (TPSA) is 35.2 Å². The average Bonchev–Trinajstić information content (AvgIpc) is 2.25. The van der Waals surface area contributed by atoms with Crippen molar-refractivity contribution in [3.8, 4) is 0 Å². The highest BCUT2D eigenvalue weighted by Gasteiger charge is 2.21. The quantitative estimate of drug-likeness (QED) is 0.659. The van der Waals surface area contributed by atoms with Crippen LogP contribution >= 0.6 is 0 Å². The van der Waals surface area contributed by atoms with E-state index in [1.54, 1.807) is 0 Å². The van der Waals surface area contributed by atoms with Gasteiger partial charge in [0.1, 0.15) is 0 Å². The molecule has 2 heteroatoms. The molecule has 1 fully saturated rings. The molecule has 0 amide bonds. The van der Waals surface area contributed by atoms with E-state index in [-0.39, 0.29) is 0 Å². The highest BCUT2D eigenvalue weighted by molar-refractivity contribution is 4.78. The summed E-state index contributed by atoms with van der Waals surface area (Å²) in [6.45, 7) is 3.17. The predicted molar refractivity (Wildman–Crippen MR) is 64.9 cm³/mol. The van der Waals surface area contributed by atoms with Gasteiger partial charge in [-0.25, -0.2) is 0 Å². The molecule has 1 aliphatic rings. The summed E-state index contributed by atoms with van der Waals surface area (Å²) in [6.07, 6.45) is 11.8. The SMILES string of the molecule is CCCCCCCOC1CCCCC1N. The lowest BCUT2D eigenvalue weighted by Gasteiger charge is -2.28. The number of hydrogen-bond donors (Lipinski definition) is 1. The van der Waals surface area contributed by atoms with Crippen LogP contribution in [0.1, 0.15) is 64.7 Å². The maximum absolute atomic E-state index is 6.02. The Bertz CT molecular complexity index is 149. The molecular weight excluding hydrogens is 186 g/mol. The minimum atomic E-state index is 0.300. The Hall–Kier alpha value is -0.0800. The van der Waals surface area contributed by atoms with Gasteiger partial charge < -0.3 is 10.5 Å². The van der Waals surface area contributed by atoms with E-state index >= 15 is 0 Å².